The SMILES string of the molecule is [2H]c1nc([2H])c(O)c(C(=O)NO)c1[2H].[2H]c1nc([2H])c(O)c(C(=O)OC)c1[2H]. The van der Waals surface area contributed by atoms with E-state index in [1.54, 1.807) is 0 Å². The van der Waals surface area contributed by atoms with Gasteiger partial charge in [-0.1, -0.05) is 0 Å². The van der Waals surface area contributed by atoms with Crippen LogP contribution in [0.3, 0.4) is 0 Å². The van der Waals surface area contributed by atoms with Gasteiger partial charge in [0.2, 0.25) is 0 Å². The van der Waals surface area contributed by atoms with Crippen LogP contribution in [0, 0.1) is 0 Å². The third-order valence-electron chi connectivity index (χ3n) is 1.99. The molecule has 0 unspecified atom stereocenters. The van der Waals surface area contributed by atoms with Gasteiger partial charge in [0.15, 0.2) is 0 Å². The molecule has 2 heterocycles. The number of nitrogens with one attached hydrogen (secondary N) is 1. The van der Waals surface area contributed by atoms with Gasteiger partial charge in [0.1, 0.15) is 17.1 Å². The maximum atomic E-state index is 11.1. The Morgan fingerprint density at radius 3 is 2.14 bits per heavy atom. The highest BCUT2D eigenvalue weighted by Gasteiger charge is 2.09. The Kier molecular flexibility index (Phi) is 3.60. The van der Waals surface area contributed by atoms with Crippen molar-refractivity contribution < 1.29 is 38.0 Å². The molecule has 0 aromatic carbocycles. The molecule has 0 spiro atoms. The van der Waals surface area contributed by atoms with E-state index in [1.807, 2.05) is 0 Å². The van der Waals surface area contributed by atoms with Crippen molar-refractivity contribution in [3.05, 3.63) is 47.9 Å². The summed E-state index contributed by atoms with van der Waals surface area (Å²) in [5.41, 5.74) is 0.0605. The summed E-state index contributed by atoms with van der Waals surface area (Å²) < 4.78 is 47.1. The fraction of sp³-hybridized carbons (Fsp3) is 0.0769. The summed E-state index contributed by atoms with van der Waals surface area (Å²) >= 11 is 0. The van der Waals surface area contributed by atoms with Crippen LogP contribution < -0.4 is 5.48 Å². The summed E-state index contributed by atoms with van der Waals surface area (Å²) in [6, 6.07) is -1.20. The standard InChI is InChI=1S/C7H7NO3.C6H6N2O3/c1-11-7(10)5-2-3-8-4-6(5)9;9-5-3-7-2-1-4(5)6(10)8-11/h2-4,9H,1H3;1-3,9,11H,(H,8,10)/i2D,3D,4D;1D,2D,3D. The lowest BCUT2D eigenvalue weighted by molar-refractivity contribution is 0.0597. The normalized spacial score (nSPS) is 13.0. The molecule has 22 heavy (non-hydrogen) atoms. The number of carbonyl (C=O) groups excluding carboxylic acids is 2. The number of pyridine rings is 2. The molecular weight excluding hydrogens is 294 g/mol. The summed E-state index contributed by atoms with van der Waals surface area (Å²) in [5, 5.41) is 26.7. The maximum absolute atomic E-state index is 11.1. The Bertz CT molecular complexity index is 814. The molecule has 0 aliphatic rings. The van der Waals surface area contributed by atoms with Gasteiger partial charge in [-0.2, -0.15) is 0 Å². The van der Waals surface area contributed by atoms with E-state index in [1.165, 1.54) is 5.48 Å². The van der Waals surface area contributed by atoms with Crippen molar-refractivity contribution in [1.29, 1.82) is 0 Å². The average Bonchev–Trinajstić information content (AvgIpc) is 2.65. The van der Waals surface area contributed by atoms with Gasteiger partial charge < -0.3 is 14.9 Å². The number of aromatic hydroxyl groups is 2. The zero-order chi connectivity index (χ0) is 21.8. The number of hydrogen-bond acceptors (Lipinski definition) is 8. The zero-order valence-electron chi connectivity index (χ0n) is 17.0. The van der Waals surface area contributed by atoms with Crippen molar-refractivity contribution in [2.24, 2.45) is 0 Å². The van der Waals surface area contributed by atoms with Crippen LogP contribution in [0.1, 0.15) is 28.9 Å². The fourth-order valence-corrected chi connectivity index (χ4v) is 1.03. The quantitative estimate of drug-likeness (QED) is 0.356. The predicted octanol–water partition coefficient (Wildman–Crippen LogP) is 0.480. The Morgan fingerprint density at radius 1 is 1.14 bits per heavy atom. The molecule has 2 rings (SSSR count). The Morgan fingerprint density at radius 2 is 1.64 bits per heavy atom. The van der Waals surface area contributed by atoms with E-state index in [0.717, 1.165) is 7.11 Å². The van der Waals surface area contributed by atoms with Crippen LogP contribution in [0.15, 0.2) is 36.8 Å². The molecule has 0 atom stereocenters. The van der Waals surface area contributed by atoms with E-state index >= 15 is 0 Å². The second kappa shape index (κ2) is 8.17. The summed E-state index contributed by atoms with van der Waals surface area (Å²) in [5.74, 6) is -3.69. The number of ether oxygens (including phenoxy) is 1. The lowest BCUT2D eigenvalue weighted by Crippen LogP contribution is -2.18. The van der Waals surface area contributed by atoms with Crippen molar-refractivity contribution in [2.45, 2.75) is 0 Å². The smallest absolute Gasteiger partial charge is 0.341 e. The first-order valence-corrected chi connectivity index (χ1v) is 5.34. The van der Waals surface area contributed by atoms with Gasteiger partial charge in [0, 0.05) is 12.3 Å². The molecule has 9 heteroatoms. The highest BCUT2D eigenvalue weighted by atomic mass is 16.5. The van der Waals surface area contributed by atoms with E-state index in [4.69, 9.17) is 13.4 Å². The predicted molar refractivity (Wildman–Crippen MR) is 72.4 cm³/mol. The molecule has 9 nitrogen and oxygen atoms in total. The number of hydrogen-bond donors (Lipinski definition) is 4. The largest absolute Gasteiger partial charge is 0.505 e. The van der Waals surface area contributed by atoms with E-state index in [0.29, 0.717) is 0 Å². The van der Waals surface area contributed by atoms with E-state index < -0.39 is 71.3 Å². The van der Waals surface area contributed by atoms with Crippen LogP contribution in [-0.4, -0.2) is 44.4 Å². The number of nitrogens with zero attached hydrogens (tertiary/aromatic N) is 2. The van der Waals surface area contributed by atoms with Crippen LogP contribution in [-0.2, 0) is 4.74 Å². The summed E-state index contributed by atoms with van der Waals surface area (Å²) in [4.78, 5) is 28.4. The molecular formula is C13H13N3O6. The molecule has 0 saturated carbocycles. The first kappa shape index (κ1) is 9.68. The lowest BCUT2D eigenvalue weighted by atomic mass is 10.2. The first-order chi connectivity index (χ1) is 13.0. The number of amides is 1. The minimum absolute atomic E-state index is 0.502. The van der Waals surface area contributed by atoms with Gasteiger partial charge in [-0.05, 0) is 12.1 Å². The van der Waals surface area contributed by atoms with Gasteiger partial charge >= 0.3 is 5.97 Å². The summed E-state index contributed by atoms with van der Waals surface area (Å²) in [6.07, 6.45) is -2.48. The van der Waals surface area contributed by atoms with E-state index in [9.17, 15) is 19.8 Å². The Balaban J connectivity index is 0.000000280. The molecule has 0 radical (unpaired) electrons. The van der Waals surface area contributed by atoms with Crippen LogP contribution >= 0.6 is 0 Å². The van der Waals surface area contributed by atoms with Gasteiger partial charge in [-0.25, -0.2) is 10.3 Å². The Hall–Kier alpha value is -3.20. The summed E-state index contributed by atoms with van der Waals surface area (Å²) in [7, 11) is 1.08. The van der Waals surface area contributed by atoms with Crippen LogP contribution in [0.25, 0.3) is 0 Å². The number of aromatic nitrogens is 2. The molecule has 2 aromatic heterocycles. The van der Waals surface area contributed by atoms with E-state index in [-0.39, 0.29) is 0 Å². The first-order valence-electron chi connectivity index (χ1n) is 8.34. The van der Waals surface area contributed by atoms with Gasteiger partial charge in [-0.3, -0.25) is 20.0 Å². The number of carbonyl (C=O) groups is 2. The monoisotopic (exact) mass is 313 g/mol. The maximum Gasteiger partial charge on any atom is 0.341 e. The van der Waals surface area contributed by atoms with Crippen molar-refractivity contribution in [3.63, 3.8) is 0 Å². The second-order valence-corrected chi connectivity index (χ2v) is 3.30. The van der Waals surface area contributed by atoms with Crippen molar-refractivity contribution in [2.75, 3.05) is 7.11 Å². The average molecular weight is 313 g/mol. The molecule has 0 bridgehead atoms. The second-order valence-electron chi connectivity index (χ2n) is 3.30. The molecule has 1 amide bonds. The van der Waals surface area contributed by atoms with Crippen molar-refractivity contribution in [1.82, 2.24) is 15.4 Å². The minimum Gasteiger partial charge on any atom is -0.505 e. The zero-order valence-corrected chi connectivity index (χ0v) is 11.0. The molecule has 0 fully saturated rings. The van der Waals surface area contributed by atoms with Crippen LogP contribution in [0.5, 0.6) is 11.5 Å². The Labute approximate surface area is 133 Å². The fourth-order valence-electron chi connectivity index (χ4n) is 1.03. The third-order valence-corrected chi connectivity index (χ3v) is 1.99. The molecule has 116 valence electrons. The van der Waals surface area contributed by atoms with E-state index in [2.05, 4.69) is 14.7 Å². The van der Waals surface area contributed by atoms with Crippen LogP contribution in [0.2, 0.25) is 0 Å². The topological polar surface area (TPSA) is 142 Å². The molecule has 0 saturated heterocycles. The van der Waals surface area contributed by atoms with Gasteiger partial charge in [0.25, 0.3) is 5.91 Å². The lowest BCUT2D eigenvalue weighted by Gasteiger charge is -1.99. The van der Waals surface area contributed by atoms with Crippen LogP contribution in [0.4, 0.5) is 0 Å². The van der Waals surface area contributed by atoms with Gasteiger partial charge in [-0.15, -0.1) is 0 Å². The molecule has 4 N–H and O–H groups in total. The molecule has 0 aliphatic heterocycles. The number of rotatable bonds is 2. The van der Waals surface area contributed by atoms with Gasteiger partial charge in [0.05, 0.1) is 33.2 Å². The van der Waals surface area contributed by atoms with Crippen molar-refractivity contribution >= 4 is 11.9 Å². The summed E-state index contributed by atoms with van der Waals surface area (Å²) in [6.45, 7) is 0. The number of hydroxylamine groups is 1. The molecule has 2 aromatic rings. The minimum atomic E-state index is -1.16. The number of esters is 1. The highest BCUT2D eigenvalue weighted by Crippen LogP contribution is 2.14. The molecule has 0 aliphatic carbocycles. The van der Waals surface area contributed by atoms with Crippen molar-refractivity contribution in [3.8, 4) is 11.5 Å². The third kappa shape index (κ3) is 4.42. The highest BCUT2D eigenvalue weighted by molar-refractivity contribution is 5.95. The number of methoxy groups -OCH3 is 1.